The fourth-order valence-corrected chi connectivity index (χ4v) is 3.93. The minimum atomic E-state index is -0.886. The summed E-state index contributed by atoms with van der Waals surface area (Å²) in [5.74, 6) is -0.705. The predicted molar refractivity (Wildman–Crippen MR) is 99.7 cm³/mol. The first-order valence-electron chi connectivity index (χ1n) is 8.36. The Bertz CT molecular complexity index is 748. The molecule has 1 amide bonds. The largest absolute Gasteiger partial charge is 0.481 e. The fraction of sp³-hybridized carbons (Fsp3) is 0.300. The number of carbonyl (C=O) groups is 2. The van der Waals surface area contributed by atoms with Crippen LogP contribution in [-0.2, 0) is 22.4 Å². The predicted octanol–water partition coefficient (Wildman–Crippen LogP) is 3.17. The van der Waals surface area contributed by atoms with Gasteiger partial charge in [0.1, 0.15) is 0 Å². The van der Waals surface area contributed by atoms with E-state index in [1.165, 1.54) is 16.7 Å². The third-order valence-electron chi connectivity index (χ3n) is 4.46. The molecule has 0 saturated carbocycles. The van der Waals surface area contributed by atoms with E-state index in [1.54, 1.807) is 0 Å². The topological polar surface area (TPSA) is 57.6 Å². The molecule has 1 aliphatic rings. The number of aliphatic carboxylic acids is 1. The Morgan fingerprint density at radius 1 is 1.04 bits per heavy atom. The molecule has 0 saturated heterocycles. The van der Waals surface area contributed by atoms with Gasteiger partial charge >= 0.3 is 5.97 Å². The van der Waals surface area contributed by atoms with E-state index in [4.69, 9.17) is 5.11 Å². The Labute approximate surface area is 151 Å². The number of hydrogen-bond donors (Lipinski definition) is 1. The second-order valence-electron chi connectivity index (χ2n) is 6.13. The zero-order valence-electron chi connectivity index (χ0n) is 13.9. The number of fused-ring (bicyclic) bond motifs is 1. The Morgan fingerprint density at radius 2 is 1.76 bits per heavy atom. The van der Waals surface area contributed by atoms with Crippen LogP contribution in [0, 0.1) is 0 Å². The summed E-state index contributed by atoms with van der Waals surface area (Å²) in [6, 6.07) is 18.5. The summed E-state index contributed by atoms with van der Waals surface area (Å²) >= 11 is 1.16. The molecule has 0 aliphatic carbocycles. The molecule has 3 rings (SSSR count). The molecule has 0 bridgehead atoms. The van der Waals surface area contributed by atoms with Crippen molar-refractivity contribution in [2.24, 2.45) is 0 Å². The van der Waals surface area contributed by atoms with Crippen LogP contribution in [0.25, 0.3) is 0 Å². The van der Waals surface area contributed by atoms with Crippen LogP contribution < -0.4 is 0 Å². The Balaban J connectivity index is 1.81. The maximum atomic E-state index is 12.7. The molecule has 0 aromatic heterocycles. The lowest BCUT2D eigenvalue weighted by Crippen LogP contribution is -2.42. The van der Waals surface area contributed by atoms with E-state index in [2.05, 4.69) is 24.3 Å². The molecular formula is C20H21NO3S. The van der Waals surface area contributed by atoms with E-state index in [-0.39, 0.29) is 23.5 Å². The average Bonchev–Trinajstić information content (AvgIpc) is 2.62. The van der Waals surface area contributed by atoms with Gasteiger partial charge in [0.15, 0.2) is 0 Å². The first kappa shape index (κ1) is 17.5. The minimum absolute atomic E-state index is 0.00489. The molecule has 1 aliphatic heterocycles. The molecule has 1 heterocycles. The number of amides is 1. The van der Waals surface area contributed by atoms with Crippen molar-refractivity contribution in [3.05, 3.63) is 71.3 Å². The molecule has 0 fully saturated rings. The van der Waals surface area contributed by atoms with E-state index in [9.17, 15) is 9.59 Å². The van der Waals surface area contributed by atoms with E-state index >= 15 is 0 Å². The maximum absolute atomic E-state index is 12.7. The summed E-state index contributed by atoms with van der Waals surface area (Å²) in [5.41, 5.74) is 3.69. The first-order valence-corrected chi connectivity index (χ1v) is 9.51. The van der Waals surface area contributed by atoms with Gasteiger partial charge in [0.25, 0.3) is 0 Å². The molecule has 25 heavy (non-hydrogen) atoms. The molecule has 0 radical (unpaired) electrons. The quantitative estimate of drug-likeness (QED) is 0.865. The summed E-state index contributed by atoms with van der Waals surface area (Å²) < 4.78 is 0. The summed E-state index contributed by atoms with van der Waals surface area (Å²) in [6.45, 7) is 0.682. The van der Waals surface area contributed by atoms with Gasteiger partial charge in [-0.25, -0.2) is 0 Å². The van der Waals surface area contributed by atoms with E-state index in [1.807, 2.05) is 35.2 Å². The van der Waals surface area contributed by atoms with Gasteiger partial charge in [-0.05, 0) is 29.5 Å². The van der Waals surface area contributed by atoms with Gasteiger partial charge in [-0.15, -0.1) is 11.8 Å². The van der Waals surface area contributed by atoms with Gasteiger partial charge in [0.05, 0.1) is 17.5 Å². The number of rotatable bonds is 6. The second-order valence-corrected chi connectivity index (χ2v) is 7.11. The zero-order chi connectivity index (χ0) is 17.6. The van der Waals surface area contributed by atoms with E-state index in [0.717, 1.165) is 24.6 Å². The highest BCUT2D eigenvalue weighted by Crippen LogP contribution is 2.33. The first-order chi connectivity index (χ1) is 12.1. The molecule has 1 N–H and O–H groups in total. The second kappa shape index (κ2) is 8.21. The van der Waals surface area contributed by atoms with Gasteiger partial charge in [-0.1, -0.05) is 54.6 Å². The van der Waals surface area contributed by atoms with Crippen molar-refractivity contribution >= 4 is 23.6 Å². The number of nitrogens with zero attached hydrogens (tertiary/aromatic N) is 1. The van der Waals surface area contributed by atoms with Gasteiger partial charge in [0.2, 0.25) is 5.91 Å². The van der Waals surface area contributed by atoms with Crippen LogP contribution in [0.15, 0.2) is 54.6 Å². The smallest absolute Gasteiger partial charge is 0.313 e. The van der Waals surface area contributed by atoms with Gasteiger partial charge in [-0.3, -0.25) is 9.59 Å². The van der Waals surface area contributed by atoms with Crippen LogP contribution in [0.4, 0.5) is 0 Å². The van der Waals surface area contributed by atoms with Crippen LogP contribution in [0.3, 0.4) is 0 Å². The Hall–Kier alpha value is -2.27. The average molecular weight is 355 g/mol. The van der Waals surface area contributed by atoms with E-state index in [0.29, 0.717) is 6.54 Å². The Kier molecular flexibility index (Phi) is 5.76. The summed E-state index contributed by atoms with van der Waals surface area (Å²) in [6.07, 6.45) is 1.62. The van der Waals surface area contributed by atoms with Gasteiger partial charge < -0.3 is 10.0 Å². The lowest BCUT2D eigenvalue weighted by molar-refractivity contribution is -0.133. The van der Waals surface area contributed by atoms with Crippen LogP contribution in [-0.4, -0.2) is 39.9 Å². The number of carboxylic acids is 1. The summed E-state index contributed by atoms with van der Waals surface area (Å²) in [4.78, 5) is 25.3. The molecule has 2 aromatic rings. The van der Waals surface area contributed by atoms with Crippen LogP contribution in [0.1, 0.15) is 22.7 Å². The van der Waals surface area contributed by atoms with Crippen molar-refractivity contribution in [3.63, 3.8) is 0 Å². The van der Waals surface area contributed by atoms with Crippen molar-refractivity contribution < 1.29 is 14.7 Å². The molecule has 130 valence electrons. The molecule has 2 aromatic carbocycles. The normalized spacial score (nSPS) is 16.3. The van der Waals surface area contributed by atoms with Crippen molar-refractivity contribution in [3.8, 4) is 0 Å². The van der Waals surface area contributed by atoms with Crippen molar-refractivity contribution in [2.45, 2.75) is 18.9 Å². The minimum Gasteiger partial charge on any atom is -0.481 e. The number of thioether (sulfide) groups is 1. The highest BCUT2D eigenvalue weighted by Gasteiger charge is 2.30. The lowest BCUT2D eigenvalue weighted by Gasteiger charge is -2.37. The van der Waals surface area contributed by atoms with Crippen molar-refractivity contribution in [2.75, 3.05) is 18.1 Å². The standard InChI is InChI=1S/C20H21NO3S/c22-19(13-25-14-20(23)24)21-11-10-16-8-4-5-9-17(16)18(21)12-15-6-2-1-3-7-15/h1-9,18H,10-14H2,(H,23,24). The number of hydrogen-bond acceptors (Lipinski definition) is 3. The van der Waals surface area contributed by atoms with Crippen LogP contribution >= 0.6 is 11.8 Å². The van der Waals surface area contributed by atoms with E-state index < -0.39 is 5.97 Å². The van der Waals surface area contributed by atoms with Crippen LogP contribution in [0.2, 0.25) is 0 Å². The summed E-state index contributed by atoms with van der Waals surface area (Å²) in [7, 11) is 0. The monoisotopic (exact) mass is 355 g/mol. The highest BCUT2D eigenvalue weighted by molar-refractivity contribution is 8.00. The molecule has 0 spiro atoms. The number of benzene rings is 2. The summed E-state index contributed by atoms with van der Waals surface area (Å²) in [5, 5.41) is 8.77. The Morgan fingerprint density at radius 3 is 2.52 bits per heavy atom. The van der Waals surface area contributed by atoms with Gasteiger partial charge in [0, 0.05) is 6.54 Å². The molecule has 1 unspecified atom stereocenters. The van der Waals surface area contributed by atoms with Gasteiger partial charge in [-0.2, -0.15) is 0 Å². The van der Waals surface area contributed by atoms with Crippen LogP contribution in [0.5, 0.6) is 0 Å². The van der Waals surface area contributed by atoms with Crippen molar-refractivity contribution in [1.82, 2.24) is 4.90 Å². The fourth-order valence-electron chi connectivity index (χ4n) is 3.32. The highest BCUT2D eigenvalue weighted by atomic mass is 32.2. The SMILES string of the molecule is O=C(O)CSCC(=O)N1CCc2ccccc2C1Cc1ccccc1. The molecular weight excluding hydrogens is 334 g/mol. The number of carboxylic acid groups (broad SMARTS) is 1. The molecule has 4 nitrogen and oxygen atoms in total. The zero-order valence-corrected chi connectivity index (χ0v) is 14.7. The third-order valence-corrected chi connectivity index (χ3v) is 5.36. The molecule has 1 atom stereocenters. The third kappa shape index (κ3) is 4.42. The van der Waals surface area contributed by atoms with Crippen molar-refractivity contribution in [1.29, 1.82) is 0 Å². The molecule has 5 heteroatoms. The maximum Gasteiger partial charge on any atom is 0.313 e. The lowest BCUT2D eigenvalue weighted by atomic mass is 9.88. The number of carbonyl (C=O) groups excluding carboxylic acids is 1.